The van der Waals surface area contributed by atoms with Crippen molar-refractivity contribution < 1.29 is 9.47 Å². The molecule has 2 aromatic rings. The van der Waals surface area contributed by atoms with Crippen molar-refractivity contribution in [3.63, 3.8) is 0 Å². The molecule has 0 atom stereocenters. The summed E-state index contributed by atoms with van der Waals surface area (Å²) in [6.45, 7) is 13.2. The maximum Gasteiger partial charge on any atom is 0.194 e. The number of rotatable bonds is 3. The molecule has 5 heteroatoms. The fraction of sp³-hybridized carbons (Fsp3) is 0.364. The Hall–Kier alpha value is -1.67. The van der Waals surface area contributed by atoms with E-state index < -0.39 is 22.3 Å². The monoisotopic (exact) mass is 395 g/mol. The Morgan fingerprint density at radius 2 is 1.33 bits per heavy atom. The van der Waals surface area contributed by atoms with E-state index in [2.05, 4.69) is 98.1 Å². The van der Waals surface area contributed by atoms with Gasteiger partial charge in [0, 0.05) is 5.57 Å². The predicted molar refractivity (Wildman–Crippen MR) is 117 cm³/mol. The van der Waals surface area contributed by atoms with Gasteiger partial charge in [0.25, 0.3) is 0 Å². The second kappa shape index (κ2) is 6.45. The van der Waals surface area contributed by atoms with E-state index in [-0.39, 0.29) is 0 Å². The standard InChI is InChI=1S/C22H29NO2Si2/c1-22(24-15-16-25-22)19(18-11-7-6-8-12-18)17-23-26(2,3)20-13-9-10-14-21(20)27(23,4)5/h6-14,17H,15-16H2,1-5H3/b19-17-. The zero-order valence-corrected chi connectivity index (χ0v) is 19.0. The second-order valence-electron chi connectivity index (χ2n) is 8.59. The first-order valence-electron chi connectivity index (χ1n) is 9.72. The van der Waals surface area contributed by atoms with Gasteiger partial charge in [-0.15, -0.1) is 0 Å². The summed E-state index contributed by atoms with van der Waals surface area (Å²) in [5.74, 6) is -0.689. The van der Waals surface area contributed by atoms with E-state index in [0.717, 1.165) is 5.57 Å². The van der Waals surface area contributed by atoms with E-state index in [1.807, 2.05) is 0 Å². The molecule has 0 amide bonds. The highest BCUT2D eigenvalue weighted by atomic mass is 28.4. The van der Waals surface area contributed by atoms with Crippen LogP contribution in [-0.2, 0) is 9.47 Å². The Labute approximate surface area is 164 Å². The van der Waals surface area contributed by atoms with Crippen LogP contribution in [0.15, 0.2) is 60.8 Å². The first-order chi connectivity index (χ1) is 12.8. The van der Waals surface area contributed by atoms with Crippen LogP contribution < -0.4 is 10.4 Å². The molecule has 4 rings (SSSR count). The molecule has 1 saturated heterocycles. The molecule has 0 saturated carbocycles. The highest BCUT2D eigenvalue weighted by Crippen LogP contribution is 2.37. The minimum Gasteiger partial charge on any atom is -0.423 e. The van der Waals surface area contributed by atoms with Crippen LogP contribution in [0.25, 0.3) is 5.57 Å². The van der Waals surface area contributed by atoms with Crippen molar-refractivity contribution in [3.05, 3.63) is 66.4 Å². The van der Waals surface area contributed by atoms with E-state index in [1.54, 1.807) is 10.4 Å². The average molecular weight is 396 g/mol. The molecule has 0 N–H and O–H groups in total. The van der Waals surface area contributed by atoms with Crippen LogP contribution in [0.4, 0.5) is 0 Å². The van der Waals surface area contributed by atoms with Crippen molar-refractivity contribution in [3.8, 4) is 0 Å². The molecule has 2 heterocycles. The van der Waals surface area contributed by atoms with Crippen molar-refractivity contribution in [2.75, 3.05) is 13.2 Å². The van der Waals surface area contributed by atoms with E-state index in [0.29, 0.717) is 13.2 Å². The van der Waals surface area contributed by atoms with Crippen LogP contribution in [0.1, 0.15) is 12.5 Å². The molecule has 0 spiro atoms. The van der Waals surface area contributed by atoms with Crippen molar-refractivity contribution in [1.82, 2.24) is 4.23 Å². The summed E-state index contributed by atoms with van der Waals surface area (Å²) in [6.07, 6.45) is 2.39. The van der Waals surface area contributed by atoms with E-state index in [4.69, 9.17) is 9.47 Å². The highest BCUT2D eigenvalue weighted by molar-refractivity contribution is 7.10. The molecule has 2 aliphatic heterocycles. The lowest BCUT2D eigenvalue weighted by molar-refractivity contribution is -0.0906. The average Bonchev–Trinajstić information content (AvgIpc) is 3.15. The third kappa shape index (κ3) is 2.93. The van der Waals surface area contributed by atoms with E-state index >= 15 is 0 Å². The number of fused-ring (bicyclic) bond motifs is 1. The maximum absolute atomic E-state index is 6.09. The van der Waals surface area contributed by atoms with Crippen LogP contribution >= 0.6 is 0 Å². The Bertz CT molecular complexity index is 836. The third-order valence-electron chi connectivity index (χ3n) is 6.12. The molecule has 0 aliphatic carbocycles. The fourth-order valence-electron chi connectivity index (χ4n) is 4.70. The van der Waals surface area contributed by atoms with Crippen molar-refractivity contribution in [2.24, 2.45) is 0 Å². The molecule has 142 valence electrons. The number of benzene rings is 2. The molecule has 0 bridgehead atoms. The minimum atomic E-state index is -1.80. The van der Waals surface area contributed by atoms with Crippen LogP contribution in [0.2, 0.25) is 26.2 Å². The Morgan fingerprint density at radius 1 is 0.852 bits per heavy atom. The molecule has 0 radical (unpaired) electrons. The zero-order valence-electron chi connectivity index (χ0n) is 17.0. The Kier molecular flexibility index (Phi) is 4.46. The van der Waals surface area contributed by atoms with Gasteiger partial charge in [0.15, 0.2) is 22.3 Å². The first kappa shape index (κ1) is 18.7. The topological polar surface area (TPSA) is 21.7 Å². The van der Waals surface area contributed by atoms with Crippen LogP contribution in [0.3, 0.4) is 0 Å². The summed E-state index contributed by atoms with van der Waals surface area (Å²) >= 11 is 0. The lowest BCUT2D eigenvalue weighted by Gasteiger charge is -2.41. The second-order valence-corrected chi connectivity index (χ2v) is 17.3. The van der Waals surface area contributed by atoms with E-state index in [1.165, 1.54) is 5.56 Å². The Balaban J connectivity index is 1.88. The van der Waals surface area contributed by atoms with Crippen molar-refractivity contribution >= 4 is 32.4 Å². The van der Waals surface area contributed by atoms with Gasteiger partial charge in [-0.05, 0) is 55.2 Å². The number of ether oxygens (including phenoxy) is 2. The quantitative estimate of drug-likeness (QED) is 0.741. The molecule has 2 aromatic carbocycles. The maximum atomic E-state index is 6.09. The van der Waals surface area contributed by atoms with Gasteiger partial charge in [-0.2, -0.15) is 0 Å². The summed E-state index contributed by atoms with van der Waals surface area (Å²) in [5.41, 5.74) is 2.31. The van der Waals surface area contributed by atoms with Gasteiger partial charge in [-0.25, -0.2) is 0 Å². The summed E-state index contributed by atoms with van der Waals surface area (Å²) in [4.78, 5) is 0. The molecule has 3 nitrogen and oxygen atoms in total. The summed E-state index contributed by atoms with van der Waals surface area (Å²) < 4.78 is 14.9. The number of hydrogen-bond donors (Lipinski definition) is 0. The largest absolute Gasteiger partial charge is 0.423 e. The lowest BCUT2D eigenvalue weighted by Crippen LogP contribution is -2.57. The molecule has 2 aliphatic rings. The fourth-order valence-corrected chi connectivity index (χ4v) is 16.8. The summed E-state index contributed by atoms with van der Waals surface area (Å²) in [6, 6.07) is 19.6. The lowest BCUT2D eigenvalue weighted by atomic mass is 10.00. The SMILES string of the molecule is CC1(/C(=C\N2[Si](C)(C)c3ccccc3[Si]2(C)C)c2ccccc2)OCCO1. The van der Waals surface area contributed by atoms with Crippen molar-refractivity contribution in [1.29, 1.82) is 0 Å². The normalized spacial score (nSPS) is 22.7. The third-order valence-corrected chi connectivity index (χ3v) is 15.9. The Morgan fingerprint density at radius 3 is 1.85 bits per heavy atom. The molecule has 0 aromatic heterocycles. The summed E-state index contributed by atoms with van der Waals surface area (Å²) in [5, 5.41) is 3.15. The first-order valence-corrected chi connectivity index (χ1v) is 15.6. The van der Waals surface area contributed by atoms with Gasteiger partial charge in [0.1, 0.15) is 0 Å². The predicted octanol–water partition coefficient (Wildman–Crippen LogP) is 3.63. The van der Waals surface area contributed by atoms with Gasteiger partial charge in [-0.1, -0.05) is 54.6 Å². The van der Waals surface area contributed by atoms with Crippen LogP contribution in [0, 0.1) is 0 Å². The van der Waals surface area contributed by atoms with Crippen molar-refractivity contribution in [2.45, 2.75) is 38.9 Å². The van der Waals surface area contributed by atoms with E-state index in [9.17, 15) is 0 Å². The zero-order chi connectivity index (χ0) is 19.3. The molecular formula is C22H29NO2Si2. The smallest absolute Gasteiger partial charge is 0.194 e. The molecule has 0 unspecified atom stereocenters. The minimum absolute atomic E-state index is 0.641. The molecule has 1 fully saturated rings. The van der Waals surface area contributed by atoms with Crippen LogP contribution in [-0.4, -0.2) is 39.7 Å². The van der Waals surface area contributed by atoms with Gasteiger partial charge in [0.2, 0.25) is 0 Å². The van der Waals surface area contributed by atoms with Gasteiger partial charge >= 0.3 is 0 Å². The number of nitrogens with zero attached hydrogens (tertiary/aromatic N) is 1. The number of hydrogen-bond acceptors (Lipinski definition) is 3. The highest BCUT2D eigenvalue weighted by Gasteiger charge is 2.51. The summed E-state index contributed by atoms with van der Waals surface area (Å²) in [7, 11) is -3.60. The van der Waals surface area contributed by atoms with Crippen LogP contribution in [0.5, 0.6) is 0 Å². The van der Waals surface area contributed by atoms with Gasteiger partial charge < -0.3 is 13.7 Å². The molecule has 27 heavy (non-hydrogen) atoms. The van der Waals surface area contributed by atoms with Gasteiger partial charge in [0.05, 0.1) is 13.2 Å². The molecular weight excluding hydrogens is 366 g/mol. The van der Waals surface area contributed by atoms with Gasteiger partial charge in [-0.3, -0.25) is 0 Å².